The molecule has 0 saturated carbocycles. The van der Waals surface area contributed by atoms with Gasteiger partial charge in [-0.05, 0) is 18.4 Å². The van der Waals surface area contributed by atoms with Crippen molar-refractivity contribution in [1.29, 1.82) is 0 Å². The Morgan fingerprint density at radius 2 is 2.04 bits per heavy atom. The highest BCUT2D eigenvalue weighted by Gasteiger charge is 2.53. The topological polar surface area (TPSA) is 170 Å². The fourth-order valence-corrected chi connectivity index (χ4v) is 3.99. The molecule has 3 atom stereocenters. The highest BCUT2D eigenvalue weighted by Crippen LogP contribution is 2.40. The first-order chi connectivity index (χ1) is 11.8. The van der Waals surface area contributed by atoms with E-state index in [-0.39, 0.29) is 36.3 Å². The van der Waals surface area contributed by atoms with Gasteiger partial charge in [-0.1, -0.05) is 0 Å². The molecule has 1 unspecified atom stereocenters. The first kappa shape index (κ1) is 19.2. The molecule has 10 nitrogen and oxygen atoms in total. The lowest BCUT2D eigenvalue weighted by atomic mass is 10.0. The monoisotopic (exact) mass is 373 g/mol. The van der Waals surface area contributed by atoms with Crippen LogP contribution in [0, 0.1) is 0 Å². The molecule has 1 saturated heterocycles. The van der Waals surface area contributed by atoms with Crippen LogP contribution < -0.4 is 11.1 Å². The van der Waals surface area contributed by atoms with Gasteiger partial charge in [-0.3, -0.25) is 19.3 Å². The number of thioether (sulfide) groups is 1. The van der Waals surface area contributed by atoms with Crippen molar-refractivity contribution in [3.63, 3.8) is 0 Å². The van der Waals surface area contributed by atoms with Gasteiger partial charge in [0, 0.05) is 12.2 Å². The summed E-state index contributed by atoms with van der Waals surface area (Å²) in [7, 11) is 0. The average Bonchev–Trinajstić information content (AvgIpc) is 2.57. The molecule has 0 aromatic carbocycles. The Hall–Kier alpha value is -2.11. The predicted molar refractivity (Wildman–Crippen MR) is 86.2 cm³/mol. The van der Waals surface area contributed by atoms with Crippen LogP contribution in [0.5, 0.6) is 0 Å². The van der Waals surface area contributed by atoms with Crippen LogP contribution in [0.25, 0.3) is 0 Å². The molecule has 0 bridgehead atoms. The van der Waals surface area contributed by atoms with E-state index in [0.717, 1.165) is 4.90 Å². The predicted octanol–water partition coefficient (Wildman–Crippen LogP) is -1.70. The maximum atomic E-state index is 12.2. The molecule has 2 aliphatic rings. The lowest BCUT2D eigenvalue weighted by Gasteiger charge is -2.49. The van der Waals surface area contributed by atoms with Crippen LogP contribution in [-0.2, 0) is 19.2 Å². The first-order valence-corrected chi connectivity index (χ1v) is 8.61. The minimum absolute atomic E-state index is 0.0195. The highest BCUT2D eigenvalue weighted by atomic mass is 32.2. The fraction of sp³-hybridized carbons (Fsp3) is 0.571. The lowest BCUT2D eigenvalue weighted by Crippen LogP contribution is -2.70. The summed E-state index contributed by atoms with van der Waals surface area (Å²) in [5.74, 6) is -3.15. The summed E-state index contributed by atoms with van der Waals surface area (Å²) < 4.78 is 0. The summed E-state index contributed by atoms with van der Waals surface area (Å²) in [6.45, 7) is -0.452. The summed E-state index contributed by atoms with van der Waals surface area (Å²) in [4.78, 5) is 47.1. The first-order valence-electron chi connectivity index (χ1n) is 7.56. The number of nitrogens with zero attached hydrogens (tertiary/aromatic N) is 1. The number of nitrogens with two attached hydrogens (primary N) is 1. The van der Waals surface area contributed by atoms with Crippen LogP contribution in [0.4, 0.5) is 0 Å². The van der Waals surface area contributed by atoms with E-state index < -0.39 is 47.8 Å². The van der Waals surface area contributed by atoms with Gasteiger partial charge < -0.3 is 26.4 Å². The van der Waals surface area contributed by atoms with E-state index >= 15 is 0 Å². The Bertz CT molecular complexity index is 636. The summed E-state index contributed by atoms with van der Waals surface area (Å²) in [6, 6.07) is -1.87. The molecule has 0 radical (unpaired) electrons. The van der Waals surface area contributed by atoms with Crippen LogP contribution in [0.1, 0.15) is 19.3 Å². The number of aliphatic carboxylic acids is 2. The molecule has 25 heavy (non-hydrogen) atoms. The molecule has 2 aliphatic heterocycles. The van der Waals surface area contributed by atoms with Crippen molar-refractivity contribution in [3.05, 3.63) is 11.3 Å². The van der Waals surface area contributed by atoms with Gasteiger partial charge in [-0.15, -0.1) is 11.8 Å². The number of amides is 2. The van der Waals surface area contributed by atoms with Crippen LogP contribution >= 0.6 is 11.8 Å². The Kier molecular flexibility index (Phi) is 6.03. The largest absolute Gasteiger partial charge is 0.480 e. The zero-order valence-electron chi connectivity index (χ0n) is 13.2. The van der Waals surface area contributed by atoms with Gasteiger partial charge in [0.15, 0.2) is 0 Å². The van der Waals surface area contributed by atoms with E-state index in [1.807, 2.05) is 0 Å². The summed E-state index contributed by atoms with van der Waals surface area (Å²) >= 11 is 1.26. The second kappa shape index (κ2) is 7.85. The molecule has 2 heterocycles. The minimum atomic E-state index is -1.30. The standard InChI is InChI=1S/C14H19N3O7S/c15-7(13(21)22)2-1-3-8(19)16-9-11(20)17-10(14(23)24)6(4-18)5-25-12(9)17/h7,9,12,18H,1-5,15H2,(H,16,19)(H,21,22)(H,23,24)/t7-,9-,12?/m1/s1. The maximum Gasteiger partial charge on any atom is 0.352 e. The number of carbonyl (C=O) groups is 4. The molecule has 138 valence electrons. The van der Waals surface area contributed by atoms with Gasteiger partial charge in [0.1, 0.15) is 23.2 Å². The number of carboxylic acid groups (broad SMARTS) is 2. The number of aliphatic hydroxyl groups excluding tert-OH is 1. The molecule has 6 N–H and O–H groups in total. The van der Waals surface area contributed by atoms with E-state index in [1.165, 1.54) is 11.8 Å². The van der Waals surface area contributed by atoms with Crippen LogP contribution in [0.3, 0.4) is 0 Å². The smallest absolute Gasteiger partial charge is 0.352 e. The number of β-lactam (4-membered cyclic amide) rings is 1. The number of hydrogen-bond donors (Lipinski definition) is 5. The maximum absolute atomic E-state index is 12.2. The van der Waals surface area contributed by atoms with Gasteiger partial charge in [0.05, 0.1) is 6.61 Å². The van der Waals surface area contributed by atoms with Crippen LogP contribution in [0.2, 0.25) is 0 Å². The second-order valence-corrected chi connectivity index (χ2v) is 6.81. The fourth-order valence-electron chi connectivity index (χ4n) is 2.66. The van der Waals surface area contributed by atoms with Crippen molar-refractivity contribution in [1.82, 2.24) is 10.2 Å². The lowest BCUT2D eigenvalue weighted by molar-refractivity contribution is -0.150. The van der Waals surface area contributed by atoms with Crippen molar-refractivity contribution < 1.29 is 34.5 Å². The molecule has 11 heteroatoms. The second-order valence-electron chi connectivity index (χ2n) is 5.71. The number of nitrogens with one attached hydrogen (secondary N) is 1. The van der Waals surface area contributed by atoms with E-state index in [9.17, 15) is 29.4 Å². The minimum Gasteiger partial charge on any atom is -0.480 e. The van der Waals surface area contributed by atoms with Crippen molar-refractivity contribution in [2.45, 2.75) is 36.7 Å². The average molecular weight is 373 g/mol. The number of fused-ring (bicyclic) bond motifs is 1. The zero-order chi connectivity index (χ0) is 18.7. The Balaban J connectivity index is 1.91. The van der Waals surface area contributed by atoms with Gasteiger partial charge in [-0.2, -0.15) is 0 Å². The molecule has 0 aliphatic carbocycles. The van der Waals surface area contributed by atoms with E-state index in [2.05, 4.69) is 5.32 Å². The Labute approximate surface area is 147 Å². The highest BCUT2D eigenvalue weighted by molar-refractivity contribution is 8.00. The third kappa shape index (κ3) is 3.94. The summed E-state index contributed by atoms with van der Waals surface area (Å²) in [6.07, 6.45) is 0.416. The normalized spacial score (nSPS) is 23.6. The van der Waals surface area contributed by atoms with Crippen LogP contribution in [0.15, 0.2) is 11.3 Å². The molecule has 0 aromatic rings. The summed E-state index contributed by atoms with van der Waals surface area (Å²) in [5.41, 5.74) is 5.38. The quantitative estimate of drug-likeness (QED) is 0.311. The van der Waals surface area contributed by atoms with Crippen molar-refractivity contribution >= 4 is 35.5 Å². The molecule has 1 fully saturated rings. The molecule has 0 aromatic heterocycles. The Morgan fingerprint density at radius 1 is 1.36 bits per heavy atom. The van der Waals surface area contributed by atoms with Crippen molar-refractivity contribution in [2.75, 3.05) is 12.4 Å². The number of hydrogen-bond acceptors (Lipinski definition) is 7. The molecular formula is C14H19N3O7S. The number of rotatable bonds is 8. The summed E-state index contributed by atoms with van der Waals surface area (Å²) in [5, 5.41) is 29.1. The molecular weight excluding hydrogens is 354 g/mol. The molecule has 2 amide bonds. The third-order valence-corrected chi connectivity index (χ3v) is 5.33. The molecule has 0 spiro atoms. The Morgan fingerprint density at radius 3 is 2.60 bits per heavy atom. The van der Waals surface area contributed by atoms with Crippen molar-refractivity contribution in [3.8, 4) is 0 Å². The van der Waals surface area contributed by atoms with E-state index in [4.69, 9.17) is 10.8 Å². The van der Waals surface area contributed by atoms with Gasteiger partial charge >= 0.3 is 11.9 Å². The third-order valence-electron chi connectivity index (χ3n) is 3.99. The van der Waals surface area contributed by atoms with Crippen LogP contribution in [-0.4, -0.2) is 73.8 Å². The van der Waals surface area contributed by atoms with E-state index in [0.29, 0.717) is 0 Å². The molecule has 2 rings (SSSR count). The van der Waals surface area contributed by atoms with Gasteiger partial charge in [0.2, 0.25) is 5.91 Å². The number of carbonyl (C=O) groups excluding carboxylic acids is 2. The zero-order valence-corrected chi connectivity index (χ0v) is 14.0. The SMILES string of the molecule is N[C@H](CCCC(=O)N[C@@H]1C(=O)N2C(C(=O)O)=C(CO)CSC12)C(=O)O. The van der Waals surface area contributed by atoms with Crippen molar-refractivity contribution in [2.24, 2.45) is 5.73 Å². The number of aliphatic hydroxyl groups is 1. The van der Waals surface area contributed by atoms with Gasteiger partial charge in [-0.25, -0.2) is 4.79 Å². The van der Waals surface area contributed by atoms with E-state index in [1.54, 1.807) is 0 Å². The van der Waals surface area contributed by atoms with Gasteiger partial charge in [0.25, 0.3) is 5.91 Å². The number of carboxylic acids is 2.